The zero-order valence-corrected chi connectivity index (χ0v) is 10.9. The van der Waals surface area contributed by atoms with Crippen LogP contribution in [-0.4, -0.2) is 23.5 Å². The van der Waals surface area contributed by atoms with Crippen LogP contribution in [0.5, 0.6) is 0 Å². The van der Waals surface area contributed by atoms with Crippen LogP contribution in [-0.2, 0) is 4.79 Å². The van der Waals surface area contributed by atoms with Gasteiger partial charge in [-0.1, -0.05) is 6.42 Å². The largest absolute Gasteiger partial charge is 0.478 e. The maximum absolute atomic E-state index is 13.7. The van der Waals surface area contributed by atoms with E-state index in [9.17, 15) is 14.0 Å². The molecule has 0 heterocycles. The van der Waals surface area contributed by atoms with Gasteiger partial charge in [0.25, 0.3) is 0 Å². The van der Waals surface area contributed by atoms with E-state index in [1.165, 1.54) is 12.1 Å². The van der Waals surface area contributed by atoms with Gasteiger partial charge in [0.05, 0.1) is 11.3 Å². The monoisotopic (exact) mass is 280 g/mol. The van der Waals surface area contributed by atoms with E-state index in [4.69, 9.17) is 10.8 Å². The molecule has 6 heteroatoms. The number of hydrogen-bond acceptors (Lipinski definition) is 3. The second kappa shape index (κ2) is 6.00. The van der Waals surface area contributed by atoms with Gasteiger partial charge in [0.2, 0.25) is 5.91 Å². The molecule has 0 spiro atoms. The molecule has 0 saturated heterocycles. The Balaban J connectivity index is 2.10. The molecule has 1 amide bonds. The van der Waals surface area contributed by atoms with Crippen LogP contribution in [0.25, 0.3) is 0 Å². The first-order valence-corrected chi connectivity index (χ1v) is 6.56. The summed E-state index contributed by atoms with van der Waals surface area (Å²) >= 11 is 0. The minimum atomic E-state index is -1.21. The fourth-order valence-electron chi connectivity index (χ4n) is 2.64. The second-order valence-electron chi connectivity index (χ2n) is 5.02. The number of carboxylic acid groups (broad SMARTS) is 1. The number of carboxylic acids is 1. The van der Waals surface area contributed by atoms with Crippen molar-refractivity contribution in [2.75, 3.05) is 11.9 Å². The number of rotatable bonds is 4. The molecule has 1 fully saturated rings. The smallest absolute Gasteiger partial charge is 0.335 e. The first-order valence-electron chi connectivity index (χ1n) is 6.56. The number of amides is 1. The third-order valence-corrected chi connectivity index (χ3v) is 3.77. The Hall–Kier alpha value is -1.95. The Labute approximate surface area is 116 Å². The van der Waals surface area contributed by atoms with E-state index in [1.54, 1.807) is 0 Å². The van der Waals surface area contributed by atoms with Gasteiger partial charge in [-0.25, -0.2) is 9.18 Å². The van der Waals surface area contributed by atoms with E-state index < -0.39 is 11.8 Å². The highest BCUT2D eigenvalue weighted by molar-refractivity contribution is 5.94. The van der Waals surface area contributed by atoms with Gasteiger partial charge in [0.1, 0.15) is 5.82 Å². The van der Waals surface area contributed by atoms with Crippen molar-refractivity contribution < 1.29 is 19.1 Å². The van der Waals surface area contributed by atoms with Crippen molar-refractivity contribution in [3.8, 4) is 0 Å². The predicted octanol–water partition coefficient (Wildman–Crippen LogP) is 1.84. The third kappa shape index (κ3) is 2.96. The second-order valence-corrected chi connectivity index (χ2v) is 5.02. The highest BCUT2D eigenvalue weighted by atomic mass is 19.1. The molecule has 1 aromatic rings. The van der Waals surface area contributed by atoms with Crippen LogP contribution < -0.4 is 11.1 Å². The first-order chi connectivity index (χ1) is 9.52. The van der Waals surface area contributed by atoms with Gasteiger partial charge in [-0.2, -0.15) is 0 Å². The number of halogens is 1. The van der Waals surface area contributed by atoms with Crippen molar-refractivity contribution in [2.45, 2.75) is 19.3 Å². The predicted molar refractivity (Wildman–Crippen MR) is 71.9 cm³/mol. The fourth-order valence-corrected chi connectivity index (χ4v) is 2.64. The molecule has 1 aliphatic rings. The Kier molecular flexibility index (Phi) is 4.34. The van der Waals surface area contributed by atoms with E-state index in [0.717, 1.165) is 25.3 Å². The number of carbonyl (C=O) groups excluding carboxylic acids is 1. The van der Waals surface area contributed by atoms with Crippen LogP contribution in [0.3, 0.4) is 0 Å². The molecule has 1 aliphatic carbocycles. The highest BCUT2D eigenvalue weighted by Crippen LogP contribution is 2.32. The van der Waals surface area contributed by atoms with E-state index in [0.29, 0.717) is 6.54 Å². The normalized spacial score (nSPS) is 21.7. The van der Waals surface area contributed by atoms with Gasteiger partial charge >= 0.3 is 5.97 Å². The highest BCUT2D eigenvalue weighted by Gasteiger charge is 2.32. The summed E-state index contributed by atoms with van der Waals surface area (Å²) in [5.41, 5.74) is 5.47. The molecule has 0 bridgehead atoms. The molecule has 20 heavy (non-hydrogen) atoms. The Morgan fingerprint density at radius 2 is 2.15 bits per heavy atom. The van der Waals surface area contributed by atoms with Gasteiger partial charge < -0.3 is 16.2 Å². The van der Waals surface area contributed by atoms with Crippen LogP contribution >= 0.6 is 0 Å². The average Bonchev–Trinajstić information content (AvgIpc) is 2.89. The molecule has 0 radical (unpaired) electrons. The van der Waals surface area contributed by atoms with Crippen LogP contribution in [0.2, 0.25) is 0 Å². The van der Waals surface area contributed by atoms with Crippen LogP contribution in [0, 0.1) is 17.7 Å². The summed E-state index contributed by atoms with van der Waals surface area (Å²) in [6.07, 6.45) is 2.61. The van der Waals surface area contributed by atoms with E-state index in [1.807, 2.05) is 0 Å². The lowest BCUT2D eigenvalue weighted by Crippen LogP contribution is -2.30. The summed E-state index contributed by atoms with van der Waals surface area (Å²) in [4.78, 5) is 22.8. The van der Waals surface area contributed by atoms with Crippen molar-refractivity contribution in [1.82, 2.24) is 0 Å². The zero-order valence-electron chi connectivity index (χ0n) is 10.9. The van der Waals surface area contributed by atoms with Crippen molar-refractivity contribution >= 4 is 17.6 Å². The molecule has 0 aliphatic heterocycles. The third-order valence-electron chi connectivity index (χ3n) is 3.77. The number of hydrogen-bond donors (Lipinski definition) is 3. The summed E-state index contributed by atoms with van der Waals surface area (Å²) < 4.78 is 13.7. The molecule has 1 saturated carbocycles. The maximum Gasteiger partial charge on any atom is 0.335 e. The molecule has 2 atom stereocenters. The van der Waals surface area contributed by atoms with Crippen molar-refractivity contribution in [3.63, 3.8) is 0 Å². The van der Waals surface area contributed by atoms with Crippen molar-refractivity contribution in [1.29, 1.82) is 0 Å². The Morgan fingerprint density at radius 1 is 1.40 bits per heavy atom. The number of aromatic carboxylic acids is 1. The molecule has 1 aromatic carbocycles. The molecule has 108 valence electrons. The molecule has 5 nitrogen and oxygen atoms in total. The Morgan fingerprint density at radius 3 is 2.75 bits per heavy atom. The topological polar surface area (TPSA) is 92.4 Å². The average molecular weight is 280 g/mol. The summed E-state index contributed by atoms with van der Waals surface area (Å²) in [5.74, 6) is -2.27. The lowest BCUT2D eigenvalue weighted by molar-refractivity contribution is -0.120. The van der Waals surface area contributed by atoms with E-state index >= 15 is 0 Å². The number of anilines is 1. The molecule has 2 rings (SSSR count). The summed E-state index contributed by atoms with van der Waals surface area (Å²) in [6, 6.07) is 3.42. The van der Waals surface area contributed by atoms with Crippen molar-refractivity contribution in [3.05, 3.63) is 29.6 Å². The van der Waals surface area contributed by atoms with Gasteiger partial charge in [0, 0.05) is 5.92 Å². The number of benzene rings is 1. The van der Waals surface area contributed by atoms with Crippen molar-refractivity contribution in [2.24, 2.45) is 17.6 Å². The maximum atomic E-state index is 13.7. The van der Waals surface area contributed by atoms with Gasteiger partial charge in [-0.15, -0.1) is 0 Å². The number of nitrogens with two attached hydrogens (primary N) is 1. The molecule has 4 N–H and O–H groups in total. The Bertz CT molecular complexity index is 533. The minimum Gasteiger partial charge on any atom is -0.478 e. The first kappa shape index (κ1) is 14.5. The van der Waals surface area contributed by atoms with E-state index in [2.05, 4.69) is 5.32 Å². The lowest BCUT2D eigenvalue weighted by Gasteiger charge is -2.17. The standard InChI is InChI=1S/C14H17FN2O3/c15-11-6-8(14(19)20)4-5-12(11)17-13(18)10-3-1-2-9(10)7-16/h4-6,9-10H,1-3,7,16H2,(H,17,18)(H,19,20). The quantitative estimate of drug-likeness (QED) is 0.784. The zero-order chi connectivity index (χ0) is 14.7. The molecular formula is C14H17FN2O3. The lowest BCUT2D eigenvalue weighted by atomic mass is 9.95. The summed E-state index contributed by atoms with van der Waals surface area (Å²) in [5, 5.41) is 11.3. The van der Waals surface area contributed by atoms with Gasteiger partial charge in [-0.3, -0.25) is 4.79 Å². The summed E-state index contributed by atoms with van der Waals surface area (Å²) in [6.45, 7) is 0.443. The SMILES string of the molecule is NCC1CCCC1C(=O)Nc1ccc(C(=O)O)cc1F. The number of nitrogens with one attached hydrogen (secondary N) is 1. The molecule has 2 unspecified atom stereocenters. The molecule has 0 aromatic heterocycles. The fraction of sp³-hybridized carbons (Fsp3) is 0.429. The number of carbonyl (C=O) groups is 2. The summed E-state index contributed by atoms with van der Waals surface area (Å²) in [7, 11) is 0. The van der Waals surface area contributed by atoms with Crippen LogP contribution in [0.4, 0.5) is 10.1 Å². The van der Waals surface area contributed by atoms with Crippen LogP contribution in [0.15, 0.2) is 18.2 Å². The van der Waals surface area contributed by atoms with E-state index in [-0.39, 0.29) is 29.0 Å². The molecular weight excluding hydrogens is 263 g/mol. The van der Waals surface area contributed by atoms with Crippen LogP contribution in [0.1, 0.15) is 29.6 Å². The van der Waals surface area contributed by atoms with Gasteiger partial charge in [0.15, 0.2) is 0 Å². The minimum absolute atomic E-state index is 0.00247. The van der Waals surface area contributed by atoms with Gasteiger partial charge in [-0.05, 0) is 43.5 Å².